The molecular formula is C26H50P3+. The Labute approximate surface area is 185 Å². The van der Waals surface area contributed by atoms with E-state index in [1.54, 1.807) is 103 Å². The van der Waals surface area contributed by atoms with Gasteiger partial charge in [0.15, 0.2) is 0 Å². The van der Waals surface area contributed by atoms with Crippen LogP contribution in [0.2, 0.25) is 0 Å². The minimum atomic E-state index is -0.853. The maximum Gasteiger partial charge on any atom is 0.0816 e. The van der Waals surface area contributed by atoms with E-state index < -0.39 is 13.5 Å². The lowest BCUT2D eigenvalue weighted by molar-refractivity contribution is 0.483. The van der Waals surface area contributed by atoms with Gasteiger partial charge in [-0.05, 0) is 102 Å². The molecular weight excluding hydrogens is 405 g/mol. The van der Waals surface area contributed by atoms with E-state index >= 15 is 0 Å². The molecule has 4 aliphatic rings. The van der Waals surface area contributed by atoms with Gasteiger partial charge in [0.2, 0.25) is 0 Å². The normalized spacial score (nSPS) is 28.1. The Balaban J connectivity index is 1.73. The highest BCUT2D eigenvalue weighted by Crippen LogP contribution is 2.87. The minimum absolute atomic E-state index is 0.853. The first kappa shape index (κ1) is 23.3. The van der Waals surface area contributed by atoms with Crippen molar-refractivity contribution in [3.8, 4) is 0 Å². The average Bonchev–Trinajstić information content (AvgIpc) is 2.81. The summed E-state index contributed by atoms with van der Waals surface area (Å²) in [6, 6.07) is 0. The summed E-state index contributed by atoms with van der Waals surface area (Å²) in [5.74, 6) is 0. The molecule has 0 aliphatic heterocycles. The molecule has 0 N–H and O–H groups in total. The molecule has 0 heterocycles. The summed E-state index contributed by atoms with van der Waals surface area (Å²) in [6.45, 7) is 4.22. The van der Waals surface area contributed by atoms with Gasteiger partial charge in [-0.2, -0.15) is 0 Å². The van der Waals surface area contributed by atoms with E-state index in [0.29, 0.717) is 0 Å². The van der Waals surface area contributed by atoms with Crippen molar-refractivity contribution < 1.29 is 0 Å². The molecule has 4 aliphatic carbocycles. The summed E-state index contributed by atoms with van der Waals surface area (Å²) >= 11 is 0. The molecule has 168 valence electrons. The van der Waals surface area contributed by atoms with E-state index in [2.05, 4.69) is 20.9 Å². The first-order chi connectivity index (χ1) is 14.1. The summed E-state index contributed by atoms with van der Waals surface area (Å²) < 4.78 is 0. The van der Waals surface area contributed by atoms with Crippen LogP contribution in [0.3, 0.4) is 0 Å². The molecule has 0 aromatic carbocycles. The third-order valence-electron chi connectivity index (χ3n) is 9.64. The molecule has 0 unspecified atom stereocenters. The SMILES string of the molecule is CP(=P[P+](C)(C1CCCCC1)C1CCCCC1)(C1CCCCC1)C1CCCCC1. The van der Waals surface area contributed by atoms with Gasteiger partial charge in [0.25, 0.3) is 0 Å². The quantitative estimate of drug-likeness (QED) is 0.362. The minimum Gasteiger partial charge on any atom is -0.0533 e. The number of rotatable bonds is 5. The third-order valence-corrected chi connectivity index (χ3v) is 31.6. The zero-order valence-electron chi connectivity index (χ0n) is 19.8. The Hall–Kier alpha value is 1.16. The van der Waals surface area contributed by atoms with Crippen LogP contribution in [0.1, 0.15) is 128 Å². The predicted octanol–water partition coefficient (Wildman–Crippen LogP) is 10.4. The molecule has 0 amide bonds. The second-order valence-corrected chi connectivity index (χ2v) is 26.3. The molecule has 3 heteroatoms. The van der Waals surface area contributed by atoms with Gasteiger partial charge < -0.3 is 0 Å². The average molecular weight is 456 g/mol. The van der Waals surface area contributed by atoms with Crippen LogP contribution in [0.5, 0.6) is 0 Å². The molecule has 0 atom stereocenters. The summed E-state index contributed by atoms with van der Waals surface area (Å²) in [4.78, 5) is 0. The van der Waals surface area contributed by atoms with E-state index in [4.69, 9.17) is 0 Å². The maximum atomic E-state index is 2.96. The lowest BCUT2D eigenvalue weighted by Gasteiger charge is -2.45. The smallest absolute Gasteiger partial charge is 0.0533 e. The standard InChI is InChI=1S/C26H50P3/c1-28(23-15-7-3-8-16-23,24-17-9-4-10-18-24)27-29(2,25-19-11-5-12-20-25)26-21-13-6-14-22-26/h23-26H,3-22H2,1-2H3/q+1. The molecule has 4 rings (SSSR count). The maximum absolute atomic E-state index is 2.96. The lowest BCUT2D eigenvalue weighted by atomic mass is 9.99. The molecule has 0 radical (unpaired) electrons. The van der Waals surface area contributed by atoms with E-state index in [1.165, 1.54) is 25.7 Å². The molecule has 4 saturated carbocycles. The molecule has 0 aromatic rings. The fourth-order valence-corrected chi connectivity index (χ4v) is 35.7. The van der Waals surface area contributed by atoms with Crippen molar-refractivity contribution in [2.24, 2.45) is 0 Å². The zero-order valence-corrected chi connectivity index (χ0v) is 22.5. The highest BCUT2D eigenvalue weighted by molar-refractivity contribution is 8.45. The van der Waals surface area contributed by atoms with Crippen LogP contribution in [-0.2, 0) is 0 Å². The molecule has 0 saturated heterocycles. The Morgan fingerprint density at radius 1 is 0.517 bits per heavy atom. The Morgan fingerprint density at radius 2 is 0.828 bits per heavy atom. The van der Waals surface area contributed by atoms with Gasteiger partial charge in [-0.25, -0.2) is 0 Å². The number of hydrogen-bond donors (Lipinski definition) is 0. The predicted molar refractivity (Wildman–Crippen MR) is 140 cm³/mol. The van der Waals surface area contributed by atoms with Crippen molar-refractivity contribution in [2.45, 2.75) is 151 Å². The summed E-state index contributed by atoms with van der Waals surface area (Å²) in [5, 5.41) is 0. The highest BCUT2D eigenvalue weighted by Gasteiger charge is 2.51. The van der Waals surface area contributed by atoms with Gasteiger partial charge in [0.1, 0.15) is 0 Å². The van der Waals surface area contributed by atoms with Crippen molar-refractivity contribution in [1.29, 1.82) is 0 Å². The van der Waals surface area contributed by atoms with Crippen LogP contribution in [0.4, 0.5) is 0 Å². The second-order valence-electron chi connectivity index (χ2n) is 11.4. The zero-order chi connectivity index (χ0) is 20.2. The number of hydrogen-bond acceptors (Lipinski definition) is 0. The Kier molecular flexibility index (Phi) is 8.73. The molecule has 0 aromatic heterocycles. The molecule has 0 spiro atoms. The van der Waals surface area contributed by atoms with Crippen LogP contribution in [0.15, 0.2) is 0 Å². The van der Waals surface area contributed by atoms with Gasteiger partial charge in [-0.15, -0.1) is 0 Å². The molecule has 4 fully saturated rings. The van der Waals surface area contributed by atoms with Gasteiger partial charge >= 0.3 is 0 Å². The van der Waals surface area contributed by atoms with Gasteiger partial charge in [-0.3, -0.25) is 0 Å². The van der Waals surface area contributed by atoms with Crippen LogP contribution >= 0.6 is 21.1 Å². The topological polar surface area (TPSA) is 0 Å². The molecule has 29 heavy (non-hydrogen) atoms. The van der Waals surface area contributed by atoms with Crippen molar-refractivity contribution in [2.75, 3.05) is 13.3 Å². The Bertz CT molecular complexity index is 504. The van der Waals surface area contributed by atoms with Gasteiger partial charge in [-0.1, -0.05) is 51.4 Å². The summed E-state index contributed by atoms with van der Waals surface area (Å²) in [6.07, 6.45) is 31.5. The van der Waals surface area contributed by atoms with Crippen molar-refractivity contribution >= 4 is 21.1 Å². The van der Waals surface area contributed by atoms with E-state index in [0.717, 1.165) is 22.6 Å². The van der Waals surface area contributed by atoms with E-state index in [9.17, 15) is 0 Å². The van der Waals surface area contributed by atoms with Crippen molar-refractivity contribution in [3.63, 3.8) is 0 Å². The highest BCUT2D eigenvalue weighted by atomic mass is 32.3. The Morgan fingerprint density at radius 3 is 1.17 bits per heavy atom. The fraction of sp³-hybridized carbons (Fsp3) is 1.00. The summed E-state index contributed by atoms with van der Waals surface area (Å²) in [5.41, 5.74) is 4.64. The van der Waals surface area contributed by atoms with E-state index in [-0.39, 0.29) is 0 Å². The third kappa shape index (κ3) is 5.39. The molecule has 0 nitrogen and oxygen atoms in total. The molecule has 0 bridgehead atoms. The van der Waals surface area contributed by atoms with Crippen LogP contribution in [0.25, 0.3) is 0 Å². The van der Waals surface area contributed by atoms with E-state index in [1.807, 2.05) is 0 Å². The van der Waals surface area contributed by atoms with Crippen molar-refractivity contribution in [1.82, 2.24) is 0 Å². The fourth-order valence-electron chi connectivity index (χ4n) is 7.72. The van der Waals surface area contributed by atoms with Gasteiger partial charge in [0, 0.05) is 0 Å². The van der Waals surface area contributed by atoms with Crippen LogP contribution in [-0.4, -0.2) is 36.0 Å². The summed E-state index contributed by atoms with van der Waals surface area (Å²) in [7, 11) is 2.15. The van der Waals surface area contributed by atoms with Crippen LogP contribution < -0.4 is 0 Å². The van der Waals surface area contributed by atoms with Gasteiger partial charge in [0.05, 0.1) is 32.5 Å². The monoisotopic (exact) mass is 455 g/mol. The van der Waals surface area contributed by atoms with Crippen LogP contribution in [0, 0.1) is 0 Å². The first-order valence-corrected chi connectivity index (χ1v) is 20.6. The van der Waals surface area contributed by atoms with Crippen molar-refractivity contribution in [3.05, 3.63) is 0 Å². The lowest BCUT2D eigenvalue weighted by Crippen LogP contribution is -2.26. The first-order valence-electron chi connectivity index (χ1n) is 13.6. The largest absolute Gasteiger partial charge is 0.0816 e. The second kappa shape index (κ2) is 10.9.